The van der Waals surface area contributed by atoms with Gasteiger partial charge in [0.25, 0.3) is 5.91 Å². The number of amidine groups is 1. The highest BCUT2D eigenvalue weighted by Gasteiger charge is 2.23. The van der Waals surface area contributed by atoms with E-state index in [1.54, 1.807) is 14.0 Å². The normalized spacial score (nSPS) is 13.2. The Morgan fingerprint density at radius 3 is 2.21 bits per heavy atom. The van der Waals surface area contributed by atoms with E-state index < -0.39 is 6.04 Å². The molecule has 0 aliphatic carbocycles. The van der Waals surface area contributed by atoms with E-state index in [4.69, 9.17) is 10.9 Å². The second kappa shape index (κ2) is 5.73. The highest BCUT2D eigenvalue weighted by Crippen LogP contribution is 2.18. The van der Waals surface area contributed by atoms with Gasteiger partial charge in [-0.25, -0.2) is 0 Å². The summed E-state index contributed by atoms with van der Waals surface area (Å²) >= 11 is 0. The summed E-state index contributed by atoms with van der Waals surface area (Å²) in [6.07, 6.45) is 0. The van der Waals surface area contributed by atoms with Crippen LogP contribution in [0.2, 0.25) is 0 Å². The van der Waals surface area contributed by atoms with Gasteiger partial charge in [-0.2, -0.15) is 0 Å². The quantitative estimate of drug-likeness (QED) is 0.378. The molecule has 0 aliphatic rings. The van der Waals surface area contributed by atoms with E-state index in [0.717, 1.165) is 16.7 Å². The van der Waals surface area contributed by atoms with E-state index in [2.05, 4.69) is 5.16 Å². The molecular formula is C14H21N3O2. The summed E-state index contributed by atoms with van der Waals surface area (Å²) in [5.74, 6) is -0.118. The average molecular weight is 263 g/mol. The first-order chi connectivity index (χ1) is 8.79. The van der Waals surface area contributed by atoms with E-state index in [1.807, 2.05) is 32.9 Å². The lowest BCUT2D eigenvalue weighted by Crippen LogP contribution is -2.44. The molecule has 0 saturated heterocycles. The second-order valence-corrected chi connectivity index (χ2v) is 4.89. The maximum Gasteiger partial charge on any atom is 0.254 e. The summed E-state index contributed by atoms with van der Waals surface area (Å²) in [5, 5.41) is 11.6. The number of hydrogen-bond donors (Lipinski definition) is 2. The van der Waals surface area contributed by atoms with Crippen molar-refractivity contribution in [1.29, 1.82) is 0 Å². The van der Waals surface area contributed by atoms with Crippen molar-refractivity contribution in [3.8, 4) is 0 Å². The molecular weight excluding hydrogens is 242 g/mol. The smallest absolute Gasteiger partial charge is 0.254 e. The molecule has 5 nitrogen and oxygen atoms in total. The number of oxime groups is 1. The van der Waals surface area contributed by atoms with Crippen molar-refractivity contribution < 1.29 is 10.0 Å². The van der Waals surface area contributed by atoms with Gasteiger partial charge < -0.3 is 15.8 Å². The molecule has 1 atom stereocenters. The van der Waals surface area contributed by atoms with Crippen LogP contribution in [0.15, 0.2) is 17.3 Å². The zero-order valence-corrected chi connectivity index (χ0v) is 12.1. The maximum absolute atomic E-state index is 12.5. The number of hydrogen-bond acceptors (Lipinski definition) is 3. The van der Waals surface area contributed by atoms with Crippen LogP contribution in [0.5, 0.6) is 0 Å². The van der Waals surface area contributed by atoms with Crippen molar-refractivity contribution >= 4 is 11.7 Å². The van der Waals surface area contributed by atoms with Crippen molar-refractivity contribution in [2.45, 2.75) is 33.7 Å². The molecule has 0 saturated carbocycles. The monoisotopic (exact) mass is 263 g/mol. The molecule has 1 amide bonds. The van der Waals surface area contributed by atoms with Crippen LogP contribution in [0.3, 0.4) is 0 Å². The summed E-state index contributed by atoms with van der Waals surface area (Å²) in [5.41, 5.74) is 9.20. The molecule has 0 radical (unpaired) electrons. The molecule has 3 N–H and O–H groups in total. The number of carbonyl (C=O) groups excluding carboxylic acids is 1. The van der Waals surface area contributed by atoms with Crippen LogP contribution in [0.25, 0.3) is 0 Å². The number of nitrogens with two attached hydrogens (primary N) is 1. The molecule has 1 unspecified atom stereocenters. The number of benzene rings is 1. The van der Waals surface area contributed by atoms with Crippen LogP contribution < -0.4 is 5.73 Å². The molecule has 1 aromatic rings. The maximum atomic E-state index is 12.5. The van der Waals surface area contributed by atoms with E-state index in [0.29, 0.717) is 5.56 Å². The van der Waals surface area contributed by atoms with E-state index in [1.165, 1.54) is 4.90 Å². The third-order valence-electron chi connectivity index (χ3n) is 3.34. The lowest BCUT2D eigenvalue weighted by atomic mass is 9.98. The predicted molar refractivity (Wildman–Crippen MR) is 75.6 cm³/mol. The van der Waals surface area contributed by atoms with Gasteiger partial charge in [0, 0.05) is 12.6 Å². The van der Waals surface area contributed by atoms with Gasteiger partial charge in [0.15, 0.2) is 5.84 Å². The lowest BCUT2D eigenvalue weighted by Gasteiger charge is -2.25. The Morgan fingerprint density at radius 2 is 1.79 bits per heavy atom. The van der Waals surface area contributed by atoms with Crippen molar-refractivity contribution in [3.05, 3.63) is 34.4 Å². The number of rotatable bonds is 3. The predicted octanol–water partition coefficient (Wildman–Crippen LogP) is 1.82. The molecule has 1 aromatic carbocycles. The van der Waals surface area contributed by atoms with Gasteiger partial charge in [-0.3, -0.25) is 4.79 Å². The van der Waals surface area contributed by atoms with Crippen LogP contribution in [0, 0.1) is 20.8 Å². The Balaban J connectivity index is 3.14. The third-order valence-corrected chi connectivity index (χ3v) is 3.34. The largest absolute Gasteiger partial charge is 0.409 e. The molecule has 0 fully saturated rings. The molecule has 0 spiro atoms. The average Bonchev–Trinajstić information content (AvgIpc) is 2.34. The minimum atomic E-state index is -0.461. The second-order valence-electron chi connectivity index (χ2n) is 4.89. The fourth-order valence-electron chi connectivity index (χ4n) is 2.15. The number of nitrogens with zero attached hydrogens (tertiary/aromatic N) is 2. The molecule has 0 aliphatic heterocycles. The zero-order valence-electron chi connectivity index (χ0n) is 12.1. The van der Waals surface area contributed by atoms with Crippen LogP contribution >= 0.6 is 0 Å². The Morgan fingerprint density at radius 1 is 1.32 bits per heavy atom. The van der Waals surface area contributed by atoms with Gasteiger partial charge in [-0.05, 0) is 38.8 Å². The Bertz CT molecular complexity index is 500. The summed E-state index contributed by atoms with van der Waals surface area (Å²) in [6, 6.07) is 3.49. The van der Waals surface area contributed by atoms with Crippen molar-refractivity contribution in [3.63, 3.8) is 0 Å². The zero-order chi connectivity index (χ0) is 14.7. The summed E-state index contributed by atoms with van der Waals surface area (Å²) in [4.78, 5) is 14.0. The lowest BCUT2D eigenvalue weighted by molar-refractivity contribution is 0.0775. The first-order valence-electron chi connectivity index (χ1n) is 6.12. The Kier molecular flexibility index (Phi) is 4.53. The molecule has 104 valence electrons. The highest BCUT2D eigenvalue weighted by molar-refractivity contribution is 6.00. The first kappa shape index (κ1) is 15.0. The minimum absolute atomic E-state index is 0.0123. The summed E-state index contributed by atoms with van der Waals surface area (Å²) in [7, 11) is 1.64. The van der Waals surface area contributed by atoms with Gasteiger partial charge in [-0.15, -0.1) is 0 Å². The SMILES string of the molecule is Cc1cc(C)c(C(=O)N(C)C(C)C(N)=NO)c(C)c1. The summed E-state index contributed by atoms with van der Waals surface area (Å²) in [6.45, 7) is 7.53. The third kappa shape index (κ3) is 3.05. The Hall–Kier alpha value is -2.04. The van der Waals surface area contributed by atoms with Crippen LogP contribution in [-0.2, 0) is 0 Å². The first-order valence-corrected chi connectivity index (χ1v) is 6.12. The van der Waals surface area contributed by atoms with E-state index >= 15 is 0 Å². The van der Waals surface area contributed by atoms with Gasteiger partial charge in [-0.1, -0.05) is 22.9 Å². The molecule has 0 heterocycles. The van der Waals surface area contributed by atoms with Crippen molar-refractivity contribution in [2.75, 3.05) is 7.05 Å². The molecule has 1 rings (SSSR count). The van der Waals surface area contributed by atoms with Crippen molar-refractivity contribution in [1.82, 2.24) is 4.90 Å². The van der Waals surface area contributed by atoms with E-state index in [9.17, 15) is 4.79 Å². The molecule has 0 aromatic heterocycles. The highest BCUT2D eigenvalue weighted by atomic mass is 16.4. The standard InChI is InChI=1S/C14H21N3O2/c1-8-6-9(2)12(10(3)7-8)14(18)17(5)11(4)13(15)16-19/h6-7,11,19H,1-5H3,(H2,15,16). The number of amides is 1. The van der Waals surface area contributed by atoms with Gasteiger partial charge >= 0.3 is 0 Å². The van der Waals surface area contributed by atoms with Gasteiger partial charge in [0.1, 0.15) is 0 Å². The van der Waals surface area contributed by atoms with Crippen LogP contribution in [-0.4, -0.2) is 34.9 Å². The number of likely N-dealkylation sites (N-methyl/N-ethyl adjacent to an activating group) is 1. The van der Waals surface area contributed by atoms with Gasteiger partial charge in [0.2, 0.25) is 0 Å². The van der Waals surface area contributed by atoms with E-state index in [-0.39, 0.29) is 11.7 Å². The Labute approximate surface area is 113 Å². The number of aryl methyl sites for hydroxylation is 3. The fourth-order valence-corrected chi connectivity index (χ4v) is 2.15. The van der Waals surface area contributed by atoms with Crippen LogP contribution in [0.4, 0.5) is 0 Å². The van der Waals surface area contributed by atoms with Crippen molar-refractivity contribution in [2.24, 2.45) is 10.9 Å². The minimum Gasteiger partial charge on any atom is -0.409 e. The van der Waals surface area contributed by atoms with Crippen LogP contribution in [0.1, 0.15) is 34.0 Å². The molecule has 0 bridgehead atoms. The molecule has 5 heteroatoms. The topological polar surface area (TPSA) is 78.9 Å². The fraction of sp³-hybridized carbons (Fsp3) is 0.429. The van der Waals surface area contributed by atoms with Gasteiger partial charge in [0.05, 0.1) is 6.04 Å². The molecule has 19 heavy (non-hydrogen) atoms. The number of carbonyl (C=O) groups is 1. The summed E-state index contributed by atoms with van der Waals surface area (Å²) < 4.78 is 0.